The third kappa shape index (κ3) is 3.82. The molecule has 2 amide bonds. The van der Waals surface area contributed by atoms with E-state index in [4.69, 9.17) is 5.11 Å². The minimum absolute atomic E-state index is 0.885. The van der Waals surface area contributed by atoms with Gasteiger partial charge in [0.1, 0.15) is 6.04 Å². The fourth-order valence-electron chi connectivity index (χ4n) is 0.779. The molecule has 0 fully saturated rings. The lowest BCUT2D eigenvalue weighted by Gasteiger charge is -2.21. The van der Waals surface area contributed by atoms with Crippen LogP contribution in [0.15, 0.2) is 0 Å². The number of hydrogen-bond donors (Lipinski definition) is 3. The first-order valence-electron chi connectivity index (χ1n) is 4.16. The Labute approximate surface area is 95.9 Å². The molecule has 0 rings (SSSR count). The molecule has 0 aromatic rings. The van der Waals surface area contributed by atoms with Gasteiger partial charge in [-0.25, -0.2) is 4.79 Å². The third-order valence-electron chi connectivity index (χ3n) is 1.65. The van der Waals surface area contributed by atoms with Crippen LogP contribution < -0.4 is 11.1 Å². The Hall–Kier alpha value is -1.94. The predicted octanol–water partition coefficient (Wildman–Crippen LogP) is -0.371. The average Bonchev–Trinajstić information content (AvgIpc) is 2.13. The van der Waals surface area contributed by atoms with Crippen molar-refractivity contribution in [1.29, 1.82) is 0 Å². The first-order chi connectivity index (χ1) is 7.89. The summed E-state index contributed by atoms with van der Waals surface area (Å²) in [7, 11) is 0. The van der Waals surface area contributed by atoms with Crippen molar-refractivity contribution in [2.45, 2.75) is 24.6 Å². The fourth-order valence-corrected chi connectivity index (χ4v) is 0.779. The van der Waals surface area contributed by atoms with Gasteiger partial charge in [-0.2, -0.15) is 22.0 Å². The van der Waals surface area contributed by atoms with E-state index in [0.717, 1.165) is 5.32 Å². The van der Waals surface area contributed by atoms with Gasteiger partial charge in [-0.15, -0.1) is 0 Å². The number of rotatable bonds is 5. The highest BCUT2D eigenvalue weighted by Crippen LogP contribution is 2.35. The van der Waals surface area contributed by atoms with Gasteiger partial charge in [0.2, 0.25) is 5.91 Å². The van der Waals surface area contributed by atoms with Crippen molar-refractivity contribution in [3.63, 3.8) is 0 Å². The molecule has 0 saturated carbocycles. The van der Waals surface area contributed by atoms with Crippen molar-refractivity contribution in [3.05, 3.63) is 0 Å². The van der Waals surface area contributed by atoms with Crippen molar-refractivity contribution >= 4 is 17.8 Å². The monoisotopic (exact) mass is 278 g/mol. The number of carbonyl (C=O) groups is 3. The number of aliphatic carboxylic acids is 1. The van der Waals surface area contributed by atoms with Gasteiger partial charge < -0.3 is 16.2 Å². The molecule has 0 radical (unpaired) electrons. The van der Waals surface area contributed by atoms with Gasteiger partial charge in [0.05, 0.1) is 6.42 Å². The number of primary amides is 1. The number of nitrogens with one attached hydrogen (secondary N) is 1. The smallest absolute Gasteiger partial charge is 0.463 e. The molecule has 0 spiro atoms. The van der Waals surface area contributed by atoms with E-state index in [2.05, 4.69) is 5.73 Å². The lowest BCUT2D eigenvalue weighted by atomic mass is 10.2. The number of carbonyl (C=O) groups excluding carboxylic acids is 2. The van der Waals surface area contributed by atoms with E-state index in [-0.39, 0.29) is 0 Å². The molecule has 0 aliphatic carbocycles. The second-order valence-electron chi connectivity index (χ2n) is 3.11. The summed E-state index contributed by atoms with van der Waals surface area (Å²) >= 11 is 0. The second kappa shape index (κ2) is 5.14. The van der Waals surface area contributed by atoms with E-state index >= 15 is 0 Å². The molecule has 0 aromatic carbocycles. The number of amides is 2. The first-order valence-corrected chi connectivity index (χ1v) is 4.16. The van der Waals surface area contributed by atoms with Crippen molar-refractivity contribution < 1.29 is 41.4 Å². The summed E-state index contributed by atoms with van der Waals surface area (Å²) in [6.07, 6.45) is -7.29. The second-order valence-corrected chi connectivity index (χ2v) is 3.11. The van der Waals surface area contributed by atoms with Crippen LogP contribution in [-0.4, -0.2) is 41.0 Å². The quantitative estimate of drug-likeness (QED) is 0.596. The van der Waals surface area contributed by atoms with Crippen LogP contribution in [0.5, 0.6) is 0 Å². The summed E-state index contributed by atoms with van der Waals surface area (Å²) in [6.45, 7) is 0. The molecule has 0 saturated heterocycles. The SMILES string of the molecule is NC(=O)C[C@H](NC(=O)C(F)(F)C(F)(F)F)C(=O)O. The Balaban J connectivity index is 4.91. The van der Waals surface area contributed by atoms with Crippen molar-refractivity contribution in [1.82, 2.24) is 5.32 Å². The highest BCUT2D eigenvalue weighted by Gasteiger charge is 2.63. The van der Waals surface area contributed by atoms with Gasteiger partial charge in [-0.1, -0.05) is 0 Å². The zero-order valence-corrected chi connectivity index (χ0v) is 8.42. The number of nitrogens with two attached hydrogens (primary N) is 1. The van der Waals surface area contributed by atoms with Gasteiger partial charge in [0.15, 0.2) is 0 Å². The third-order valence-corrected chi connectivity index (χ3v) is 1.65. The van der Waals surface area contributed by atoms with E-state index in [1.165, 1.54) is 0 Å². The van der Waals surface area contributed by atoms with Gasteiger partial charge in [0.25, 0.3) is 0 Å². The lowest BCUT2D eigenvalue weighted by Crippen LogP contribution is -2.55. The Morgan fingerprint density at radius 2 is 1.61 bits per heavy atom. The van der Waals surface area contributed by atoms with Crippen LogP contribution in [0.4, 0.5) is 22.0 Å². The molecule has 6 nitrogen and oxygen atoms in total. The van der Waals surface area contributed by atoms with E-state index in [9.17, 15) is 36.3 Å². The molecule has 1 atom stereocenters. The Kier molecular flexibility index (Phi) is 4.59. The van der Waals surface area contributed by atoms with Crippen LogP contribution in [0.1, 0.15) is 6.42 Å². The Morgan fingerprint density at radius 1 is 1.17 bits per heavy atom. The first kappa shape index (κ1) is 16.1. The maximum Gasteiger partial charge on any atom is 0.463 e. The number of carboxylic acids is 1. The maximum absolute atomic E-state index is 12.4. The summed E-state index contributed by atoms with van der Waals surface area (Å²) in [5.41, 5.74) is 4.54. The summed E-state index contributed by atoms with van der Waals surface area (Å²) in [4.78, 5) is 31.3. The molecular formula is C7H7F5N2O4. The number of hydrogen-bond acceptors (Lipinski definition) is 3. The topological polar surface area (TPSA) is 109 Å². The zero-order chi connectivity index (χ0) is 14.7. The number of carboxylic acid groups (broad SMARTS) is 1. The fraction of sp³-hybridized carbons (Fsp3) is 0.571. The molecule has 0 aliphatic heterocycles. The summed E-state index contributed by atoms with van der Waals surface area (Å²) in [6, 6.07) is -2.26. The minimum atomic E-state index is -6.17. The van der Waals surface area contributed by atoms with Gasteiger partial charge in [-0.3, -0.25) is 9.59 Å². The molecule has 0 aliphatic rings. The largest absolute Gasteiger partial charge is 0.480 e. The van der Waals surface area contributed by atoms with Crippen molar-refractivity contribution in [3.8, 4) is 0 Å². The predicted molar refractivity (Wildman–Crippen MR) is 44.4 cm³/mol. The maximum atomic E-state index is 12.4. The molecule has 0 heterocycles. The van der Waals surface area contributed by atoms with Crippen molar-refractivity contribution in [2.24, 2.45) is 5.73 Å². The van der Waals surface area contributed by atoms with Crippen LogP contribution in [0.2, 0.25) is 0 Å². The van der Waals surface area contributed by atoms with Crippen molar-refractivity contribution in [2.75, 3.05) is 0 Å². The molecule has 104 valence electrons. The molecule has 0 bridgehead atoms. The van der Waals surface area contributed by atoms with E-state index in [0.29, 0.717) is 0 Å². The van der Waals surface area contributed by atoms with Gasteiger partial charge >= 0.3 is 24.0 Å². The van der Waals surface area contributed by atoms with E-state index in [1.54, 1.807) is 0 Å². The Bertz CT molecular complexity index is 367. The highest BCUT2D eigenvalue weighted by molar-refractivity contribution is 5.91. The average molecular weight is 278 g/mol. The van der Waals surface area contributed by atoms with Crippen LogP contribution in [0, 0.1) is 0 Å². The minimum Gasteiger partial charge on any atom is -0.480 e. The summed E-state index contributed by atoms with van der Waals surface area (Å²) < 4.78 is 60.1. The van der Waals surface area contributed by atoms with Gasteiger partial charge in [0, 0.05) is 0 Å². The summed E-state index contributed by atoms with van der Waals surface area (Å²) in [5, 5.41) is 9.28. The summed E-state index contributed by atoms with van der Waals surface area (Å²) in [5.74, 6) is -11.9. The van der Waals surface area contributed by atoms with E-state index in [1.807, 2.05) is 0 Å². The van der Waals surface area contributed by atoms with Crippen LogP contribution in [0.3, 0.4) is 0 Å². The Morgan fingerprint density at radius 3 is 1.89 bits per heavy atom. The van der Waals surface area contributed by atoms with Crippen LogP contribution in [-0.2, 0) is 14.4 Å². The molecule has 11 heteroatoms. The molecule has 0 unspecified atom stereocenters. The highest BCUT2D eigenvalue weighted by atomic mass is 19.4. The number of halogens is 5. The number of alkyl halides is 5. The van der Waals surface area contributed by atoms with Crippen LogP contribution in [0.25, 0.3) is 0 Å². The molecule has 18 heavy (non-hydrogen) atoms. The van der Waals surface area contributed by atoms with E-state index < -0.39 is 42.3 Å². The zero-order valence-electron chi connectivity index (χ0n) is 8.42. The molecule has 4 N–H and O–H groups in total. The molecule has 0 aromatic heterocycles. The standard InChI is InChI=1S/C7H7F5N2O4/c8-6(9,7(10,11)12)5(18)14-2(4(16)17)1-3(13)15/h2H,1H2,(H2,13,15)(H,14,18)(H,16,17)/t2-/m0/s1. The van der Waals surface area contributed by atoms with Gasteiger partial charge in [-0.05, 0) is 0 Å². The molecular weight excluding hydrogens is 271 g/mol. The lowest BCUT2D eigenvalue weighted by molar-refractivity contribution is -0.270. The normalized spacial score (nSPS) is 13.8. The van der Waals surface area contributed by atoms with Crippen LogP contribution >= 0.6 is 0 Å².